The first kappa shape index (κ1) is 23.4. The van der Waals surface area contributed by atoms with Crippen molar-refractivity contribution in [2.75, 3.05) is 32.8 Å². The van der Waals surface area contributed by atoms with Gasteiger partial charge in [0.05, 0.1) is 18.8 Å². The van der Waals surface area contributed by atoms with Crippen molar-refractivity contribution in [3.8, 4) is 0 Å². The molecule has 1 aromatic carbocycles. The number of nitrogens with one attached hydrogen (secondary N) is 1. The smallest absolute Gasteiger partial charge is 0.194 e. The second-order valence-electron chi connectivity index (χ2n) is 8.65. The van der Waals surface area contributed by atoms with E-state index in [0.717, 1.165) is 69.9 Å². The van der Waals surface area contributed by atoms with E-state index in [4.69, 9.17) is 9.73 Å². The third kappa shape index (κ3) is 5.09. The van der Waals surface area contributed by atoms with Gasteiger partial charge in [-0.25, -0.2) is 4.99 Å². The molecule has 0 radical (unpaired) electrons. The molecule has 0 bridgehead atoms. The van der Waals surface area contributed by atoms with E-state index in [-0.39, 0.29) is 30.1 Å². The molecule has 2 saturated heterocycles. The number of guanidine groups is 1. The van der Waals surface area contributed by atoms with Gasteiger partial charge in [-0.15, -0.1) is 34.2 Å². The topological polar surface area (TPSA) is 70.8 Å². The molecule has 0 aliphatic carbocycles. The lowest BCUT2D eigenvalue weighted by Gasteiger charge is -2.36. The van der Waals surface area contributed by atoms with Gasteiger partial charge < -0.3 is 19.5 Å². The Kier molecular flexibility index (Phi) is 8.01. The van der Waals surface area contributed by atoms with E-state index in [1.807, 2.05) is 0 Å². The average Bonchev–Trinajstić information content (AvgIpc) is 3.42. The van der Waals surface area contributed by atoms with Crippen LogP contribution in [0.1, 0.15) is 37.0 Å². The predicted octanol–water partition coefficient (Wildman–Crippen LogP) is 2.28. The summed E-state index contributed by atoms with van der Waals surface area (Å²) in [5.41, 5.74) is 1.36. The molecule has 5 rings (SSSR count). The van der Waals surface area contributed by atoms with Crippen molar-refractivity contribution in [3.05, 3.63) is 47.5 Å². The van der Waals surface area contributed by atoms with E-state index in [1.165, 1.54) is 18.4 Å². The van der Waals surface area contributed by atoms with Gasteiger partial charge in [-0.3, -0.25) is 4.90 Å². The minimum Gasteiger partial charge on any atom is -0.373 e. The fourth-order valence-corrected chi connectivity index (χ4v) is 5.00. The maximum atomic E-state index is 6.16. The highest BCUT2D eigenvalue weighted by molar-refractivity contribution is 14.0. The van der Waals surface area contributed by atoms with Crippen molar-refractivity contribution in [2.24, 2.45) is 4.99 Å². The molecule has 8 nitrogen and oxygen atoms in total. The Labute approximate surface area is 207 Å². The molecule has 1 aromatic heterocycles. The number of fused-ring (bicyclic) bond motifs is 2. The van der Waals surface area contributed by atoms with E-state index in [9.17, 15) is 0 Å². The van der Waals surface area contributed by atoms with Crippen LogP contribution < -0.4 is 5.32 Å². The summed E-state index contributed by atoms with van der Waals surface area (Å²) in [5, 5.41) is 12.3. The highest BCUT2D eigenvalue weighted by Gasteiger charge is 2.41. The first-order valence-electron chi connectivity index (χ1n) is 11.7. The molecule has 9 heteroatoms. The number of morpholine rings is 1. The molecule has 3 aliphatic rings. The number of benzene rings is 1. The van der Waals surface area contributed by atoms with Crippen LogP contribution in [0.3, 0.4) is 0 Å². The number of aromatic nitrogens is 3. The highest BCUT2D eigenvalue weighted by atomic mass is 127. The van der Waals surface area contributed by atoms with Crippen LogP contribution in [0.5, 0.6) is 0 Å². The van der Waals surface area contributed by atoms with Gasteiger partial charge in [0.2, 0.25) is 0 Å². The summed E-state index contributed by atoms with van der Waals surface area (Å²) in [6.07, 6.45) is 3.66. The quantitative estimate of drug-likeness (QED) is 0.350. The number of halogens is 1. The molecule has 2 atom stereocenters. The van der Waals surface area contributed by atoms with Gasteiger partial charge in [-0.05, 0) is 25.3 Å². The Morgan fingerprint density at radius 3 is 2.88 bits per heavy atom. The molecular weight excluding hydrogens is 517 g/mol. The number of aryl methyl sites for hydroxylation is 1. The van der Waals surface area contributed by atoms with Crippen LogP contribution in [0.15, 0.2) is 35.3 Å². The molecule has 0 saturated carbocycles. The summed E-state index contributed by atoms with van der Waals surface area (Å²) >= 11 is 0. The second-order valence-corrected chi connectivity index (χ2v) is 8.65. The Bertz CT molecular complexity index is 903. The number of hydrogen-bond acceptors (Lipinski definition) is 5. The molecule has 174 valence electrons. The summed E-state index contributed by atoms with van der Waals surface area (Å²) in [7, 11) is 0. The maximum Gasteiger partial charge on any atom is 0.194 e. The maximum absolute atomic E-state index is 6.16. The lowest BCUT2D eigenvalue weighted by Crippen LogP contribution is -2.50. The zero-order valence-corrected chi connectivity index (χ0v) is 21.1. The molecule has 4 heterocycles. The van der Waals surface area contributed by atoms with Gasteiger partial charge in [0.15, 0.2) is 11.8 Å². The van der Waals surface area contributed by atoms with Crippen LogP contribution in [-0.2, 0) is 30.8 Å². The number of hydrogen-bond donors (Lipinski definition) is 1. The van der Waals surface area contributed by atoms with Crippen LogP contribution in [-0.4, -0.2) is 75.5 Å². The van der Waals surface area contributed by atoms with Crippen molar-refractivity contribution in [1.29, 1.82) is 0 Å². The van der Waals surface area contributed by atoms with E-state index in [1.54, 1.807) is 0 Å². The highest BCUT2D eigenvalue weighted by Crippen LogP contribution is 2.25. The number of rotatable bonds is 5. The third-order valence-electron chi connectivity index (χ3n) is 6.59. The second kappa shape index (κ2) is 10.9. The Morgan fingerprint density at radius 1 is 1.16 bits per heavy atom. The fraction of sp³-hybridized carbons (Fsp3) is 0.609. The molecule has 2 unspecified atom stereocenters. The van der Waals surface area contributed by atoms with Crippen LogP contribution >= 0.6 is 24.0 Å². The molecule has 0 amide bonds. The predicted molar refractivity (Wildman–Crippen MR) is 135 cm³/mol. The number of nitrogens with zero attached hydrogens (tertiary/aromatic N) is 6. The minimum absolute atomic E-state index is 0. The number of aliphatic imine (C=N–C) groups is 1. The third-order valence-corrected chi connectivity index (χ3v) is 6.59. The first-order valence-corrected chi connectivity index (χ1v) is 11.7. The van der Waals surface area contributed by atoms with Crippen LogP contribution in [0, 0.1) is 0 Å². The SMILES string of the molecule is CCNC(=NCc1nnc2n1CCCC2)N1CC2OCCN(Cc3ccccc3)C2C1.I. The molecule has 2 fully saturated rings. The Morgan fingerprint density at radius 2 is 2.03 bits per heavy atom. The summed E-state index contributed by atoms with van der Waals surface area (Å²) in [6.45, 7) is 9.09. The minimum atomic E-state index is 0. The molecule has 3 aliphatic heterocycles. The van der Waals surface area contributed by atoms with E-state index in [0.29, 0.717) is 12.6 Å². The van der Waals surface area contributed by atoms with Crippen LogP contribution in [0.2, 0.25) is 0 Å². The Balaban J connectivity index is 0.00000245. The van der Waals surface area contributed by atoms with Crippen molar-refractivity contribution in [1.82, 2.24) is 29.9 Å². The summed E-state index contributed by atoms with van der Waals surface area (Å²) in [5.74, 6) is 3.04. The summed E-state index contributed by atoms with van der Waals surface area (Å²) < 4.78 is 8.42. The van der Waals surface area contributed by atoms with E-state index < -0.39 is 0 Å². The molecule has 0 spiro atoms. The Hall–Kier alpha value is -1.72. The zero-order valence-electron chi connectivity index (χ0n) is 18.8. The standard InChI is InChI=1S/C23H33N7O.HI/c1-2-24-23(25-14-22-27-26-21-10-6-7-11-30(21)22)29-16-19-20(17-29)31-13-12-28(19)15-18-8-4-3-5-9-18;/h3-5,8-9,19-20H,2,6-7,10-17H2,1H3,(H,24,25);1H. The number of ether oxygens (including phenoxy) is 1. The number of likely N-dealkylation sites (tertiary alicyclic amines) is 1. The monoisotopic (exact) mass is 551 g/mol. The largest absolute Gasteiger partial charge is 0.373 e. The lowest BCUT2D eigenvalue weighted by molar-refractivity contribution is -0.0502. The van der Waals surface area contributed by atoms with Gasteiger partial charge >= 0.3 is 0 Å². The summed E-state index contributed by atoms with van der Waals surface area (Å²) in [4.78, 5) is 9.88. The van der Waals surface area contributed by atoms with E-state index in [2.05, 4.69) is 67.1 Å². The van der Waals surface area contributed by atoms with Crippen LogP contribution in [0.4, 0.5) is 0 Å². The van der Waals surface area contributed by atoms with Crippen molar-refractivity contribution in [2.45, 2.75) is 58.0 Å². The van der Waals surface area contributed by atoms with Crippen LogP contribution in [0.25, 0.3) is 0 Å². The first-order chi connectivity index (χ1) is 15.3. The lowest BCUT2D eigenvalue weighted by atomic mass is 10.1. The van der Waals surface area contributed by atoms with Gasteiger partial charge in [0.1, 0.15) is 12.4 Å². The van der Waals surface area contributed by atoms with Crippen molar-refractivity contribution in [3.63, 3.8) is 0 Å². The fourth-order valence-electron chi connectivity index (χ4n) is 5.00. The van der Waals surface area contributed by atoms with Gasteiger partial charge in [-0.1, -0.05) is 30.3 Å². The van der Waals surface area contributed by atoms with Crippen molar-refractivity contribution < 1.29 is 4.74 Å². The van der Waals surface area contributed by atoms with E-state index >= 15 is 0 Å². The molecular formula is C23H34IN7O. The van der Waals surface area contributed by atoms with Gasteiger partial charge in [0.25, 0.3) is 0 Å². The molecule has 32 heavy (non-hydrogen) atoms. The average molecular weight is 551 g/mol. The molecule has 2 aromatic rings. The zero-order chi connectivity index (χ0) is 21.0. The summed E-state index contributed by atoms with van der Waals surface area (Å²) in [6, 6.07) is 11.1. The van der Waals surface area contributed by atoms with Crippen molar-refractivity contribution >= 4 is 29.9 Å². The normalized spacial score (nSPS) is 23.4. The van der Waals surface area contributed by atoms with Gasteiger partial charge in [0, 0.05) is 45.7 Å². The molecule has 1 N–H and O–H groups in total. The van der Waals surface area contributed by atoms with Gasteiger partial charge in [-0.2, -0.15) is 0 Å².